The highest BCUT2D eigenvalue weighted by molar-refractivity contribution is 7.89. The molecule has 4 rings (SSSR count). The molecule has 34 heavy (non-hydrogen) atoms. The van der Waals surface area contributed by atoms with Gasteiger partial charge in [-0.1, -0.05) is 18.2 Å². The van der Waals surface area contributed by atoms with Crippen molar-refractivity contribution in [2.24, 2.45) is 0 Å². The first-order valence-electron chi connectivity index (χ1n) is 11.5. The summed E-state index contributed by atoms with van der Waals surface area (Å²) in [7, 11) is -3.74. The molecule has 9 heteroatoms. The number of carbonyl (C=O) groups is 1. The Hall–Kier alpha value is -2.96. The zero-order chi connectivity index (χ0) is 24.5. The number of sulfonamides is 1. The quantitative estimate of drug-likeness (QED) is 0.664. The fourth-order valence-electron chi connectivity index (χ4n) is 4.80. The molecule has 0 N–H and O–H groups in total. The molecule has 2 atom stereocenters. The summed E-state index contributed by atoms with van der Waals surface area (Å²) in [4.78, 5) is 15.3. The lowest BCUT2D eigenvalue weighted by Crippen LogP contribution is -2.48. The van der Waals surface area contributed by atoms with E-state index in [1.807, 2.05) is 17.9 Å². The van der Waals surface area contributed by atoms with Crippen LogP contribution in [-0.4, -0.2) is 55.8 Å². The van der Waals surface area contributed by atoms with Gasteiger partial charge >= 0.3 is 0 Å². The van der Waals surface area contributed by atoms with Gasteiger partial charge in [0.1, 0.15) is 11.1 Å². The Morgan fingerprint density at radius 1 is 1.12 bits per heavy atom. The lowest BCUT2D eigenvalue weighted by atomic mass is 10.0. The van der Waals surface area contributed by atoms with Gasteiger partial charge in [-0.2, -0.15) is 9.57 Å². The summed E-state index contributed by atoms with van der Waals surface area (Å²) < 4.78 is 43.5. The van der Waals surface area contributed by atoms with Crippen LogP contribution in [0.25, 0.3) is 0 Å². The molecule has 2 aliphatic rings. The fraction of sp³-hybridized carbons (Fsp3) is 0.440. The summed E-state index contributed by atoms with van der Waals surface area (Å²) in [5, 5.41) is 8.44. The largest absolute Gasteiger partial charge is 0.368 e. The van der Waals surface area contributed by atoms with E-state index >= 15 is 4.39 Å². The van der Waals surface area contributed by atoms with Crippen LogP contribution < -0.4 is 4.90 Å². The lowest BCUT2D eigenvalue weighted by molar-refractivity contribution is -0.129. The summed E-state index contributed by atoms with van der Waals surface area (Å²) in [5.41, 5.74) is 2.07. The van der Waals surface area contributed by atoms with E-state index < -0.39 is 21.1 Å². The third-order valence-electron chi connectivity index (χ3n) is 6.87. The van der Waals surface area contributed by atoms with Crippen LogP contribution in [0.1, 0.15) is 48.6 Å². The number of nitriles is 1. The predicted octanol–water partition coefficient (Wildman–Crippen LogP) is 3.42. The molecule has 2 fully saturated rings. The SMILES string of the molecule is CC(=O)N1CCN(c2ccc(CN3[C@@H](C)CCC(c4cccc(C#N)c4)S3(=O)=O)c(F)c2)CC1. The van der Waals surface area contributed by atoms with Crippen LogP contribution in [0, 0.1) is 17.1 Å². The van der Waals surface area contributed by atoms with Crippen molar-refractivity contribution in [1.82, 2.24) is 9.21 Å². The molecule has 2 saturated heterocycles. The Kier molecular flexibility index (Phi) is 6.91. The molecule has 0 radical (unpaired) electrons. The second kappa shape index (κ2) is 9.72. The van der Waals surface area contributed by atoms with Crippen molar-refractivity contribution >= 4 is 21.6 Å². The van der Waals surface area contributed by atoms with E-state index in [-0.39, 0.29) is 18.5 Å². The third-order valence-corrected chi connectivity index (χ3v) is 9.23. The molecule has 0 aliphatic carbocycles. The Balaban J connectivity index is 1.53. The van der Waals surface area contributed by atoms with Gasteiger partial charge in [0.2, 0.25) is 15.9 Å². The summed E-state index contributed by atoms with van der Waals surface area (Å²) in [6.45, 7) is 5.79. The average molecular weight is 485 g/mol. The van der Waals surface area contributed by atoms with Crippen LogP contribution in [0.5, 0.6) is 0 Å². The van der Waals surface area contributed by atoms with Gasteiger partial charge in [-0.25, -0.2) is 12.8 Å². The molecule has 0 bridgehead atoms. The molecular weight excluding hydrogens is 455 g/mol. The number of nitrogens with zero attached hydrogens (tertiary/aromatic N) is 4. The molecular formula is C25H29FN4O3S. The van der Waals surface area contributed by atoms with Crippen molar-refractivity contribution in [1.29, 1.82) is 5.26 Å². The number of halogens is 1. The molecule has 2 heterocycles. The molecule has 0 spiro atoms. The normalized spacial score (nSPS) is 22.9. The minimum absolute atomic E-state index is 0.0377. The highest BCUT2D eigenvalue weighted by Gasteiger charge is 2.40. The summed E-state index contributed by atoms with van der Waals surface area (Å²) in [5.74, 6) is -0.404. The molecule has 2 aliphatic heterocycles. The number of benzene rings is 2. The van der Waals surface area contributed by atoms with E-state index in [0.717, 1.165) is 5.69 Å². The van der Waals surface area contributed by atoms with E-state index in [2.05, 4.69) is 6.07 Å². The Labute approximate surface area is 200 Å². The molecule has 2 aromatic carbocycles. The number of carbonyl (C=O) groups excluding carboxylic acids is 1. The number of rotatable bonds is 4. The van der Waals surface area contributed by atoms with Crippen molar-refractivity contribution in [3.05, 3.63) is 65.0 Å². The number of piperazine rings is 1. The van der Waals surface area contributed by atoms with Crippen molar-refractivity contribution in [2.45, 2.75) is 44.5 Å². The topological polar surface area (TPSA) is 84.7 Å². The van der Waals surface area contributed by atoms with Crippen LogP contribution in [0.4, 0.5) is 10.1 Å². The van der Waals surface area contributed by atoms with Gasteiger partial charge < -0.3 is 9.80 Å². The molecule has 2 aromatic rings. The van der Waals surface area contributed by atoms with Gasteiger partial charge in [0.25, 0.3) is 0 Å². The van der Waals surface area contributed by atoms with E-state index in [1.165, 1.54) is 10.4 Å². The van der Waals surface area contributed by atoms with Crippen molar-refractivity contribution < 1.29 is 17.6 Å². The number of hydrogen-bond acceptors (Lipinski definition) is 5. The van der Waals surface area contributed by atoms with Gasteiger partial charge in [-0.3, -0.25) is 4.79 Å². The van der Waals surface area contributed by atoms with Gasteiger partial charge in [-0.05, 0) is 49.6 Å². The second-order valence-electron chi connectivity index (χ2n) is 9.01. The van der Waals surface area contributed by atoms with Crippen molar-refractivity contribution in [2.75, 3.05) is 31.1 Å². The maximum atomic E-state index is 15.1. The maximum absolute atomic E-state index is 15.1. The van der Waals surface area contributed by atoms with Crippen LogP contribution in [-0.2, 0) is 21.4 Å². The smallest absolute Gasteiger partial charge is 0.221 e. The zero-order valence-corrected chi connectivity index (χ0v) is 20.3. The summed E-state index contributed by atoms with van der Waals surface area (Å²) in [6.07, 6.45) is 1.11. The molecule has 0 saturated carbocycles. The summed E-state index contributed by atoms with van der Waals surface area (Å²) in [6, 6.07) is 13.4. The van der Waals surface area contributed by atoms with Crippen molar-refractivity contribution in [3.8, 4) is 6.07 Å². The van der Waals surface area contributed by atoms with E-state index in [1.54, 1.807) is 42.2 Å². The van der Waals surface area contributed by atoms with E-state index in [4.69, 9.17) is 0 Å². The van der Waals surface area contributed by atoms with Gasteiger partial charge in [0, 0.05) is 56.9 Å². The standard InChI is InChI=1S/C25H29FN4O3S/c1-18-6-9-25(21-5-3-4-20(14-21)16-27)34(32,33)30(18)17-22-7-8-23(15-24(22)26)29-12-10-28(11-13-29)19(2)31/h3-5,7-8,14-15,18,25H,6,9-13,17H2,1-2H3/t18-,25?/m0/s1. The van der Waals surface area contributed by atoms with Gasteiger partial charge in [0.05, 0.1) is 11.6 Å². The minimum Gasteiger partial charge on any atom is -0.368 e. The van der Waals surface area contributed by atoms with Crippen LogP contribution in [0.3, 0.4) is 0 Å². The zero-order valence-electron chi connectivity index (χ0n) is 19.4. The van der Waals surface area contributed by atoms with Gasteiger partial charge in [0.15, 0.2) is 0 Å². The summed E-state index contributed by atoms with van der Waals surface area (Å²) >= 11 is 0. The van der Waals surface area contributed by atoms with Crippen LogP contribution in [0.15, 0.2) is 42.5 Å². The van der Waals surface area contributed by atoms with Crippen LogP contribution in [0.2, 0.25) is 0 Å². The second-order valence-corrected chi connectivity index (χ2v) is 11.1. The van der Waals surface area contributed by atoms with Crippen LogP contribution >= 0.6 is 0 Å². The van der Waals surface area contributed by atoms with Crippen molar-refractivity contribution in [3.63, 3.8) is 0 Å². The number of hydrogen-bond donors (Lipinski definition) is 0. The highest BCUT2D eigenvalue weighted by Crippen LogP contribution is 2.38. The molecule has 1 amide bonds. The predicted molar refractivity (Wildman–Crippen MR) is 128 cm³/mol. The monoisotopic (exact) mass is 484 g/mol. The number of amides is 1. The molecule has 7 nitrogen and oxygen atoms in total. The first-order chi connectivity index (χ1) is 16.2. The van der Waals surface area contributed by atoms with Gasteiger partial charge in [-0.15, -0.1) is 0 Å². The minimum atomic E-state index is -3.74. The van der Waals surface area contributed by atoms with E-state index in [9.17, 15) is 18.5 Å². The first kappa shape index (κ1) is 24.2. The Bertz CT molecular complexity index is 1220. The average Bonchev–Trinajstić information content (AvgIpc) is 2.82. The Morgan fingerprint density at radius 2 is 1.85 bits per heavy atom. The Morgan fingerprint density at radius 3 is 2.50 bits per heavy atom. The lowest BCUT2D eigenvalue weighted by Gasteiger charge is -2.38. The highest BCUT2D eigenvalue weighted by atomic mass is 32.2. The maximum Gasteiger partial charge on any atom is 0.221 e. The third kappa shape index (κ3) is 4.79. The molecule has 180 valence electrons. The fourth-order valence-corrected chi connectivity index (χ4v) is 6.98. The number of anilines is 1. The molecule has 0 aromatic heterocycles. The molecule has 1 unspecified atom stereocenters. The van der Waals surface area contributed by atoms with E-state index in [0.29, 0.717) is 55.7 Å². The first-order valence-corrected chi connectivity index (χ1v) is 13.0.